The number of benzene rings is 3. The Morgan fingerprint density at radius 3 is 2.62 bits per heavy atom. The van der Waals surface area contributed by atoms with E-state index in [1.807, 2.05) is 30.1 Å². The third-order valence-electron chi connectivity index (χ3n) is 4.65. The second kappa shape index (κ2) is 7.79. The molecule has 1 heterocycles. The maximum Gasteiger partial charge on any atom is 0.118 e. The van der Waals surface area contributed by atoms with Gasteiger partial charge in [-0.15, -0.1) is 0 Å². The van der Waals surface area contributed by atoms with Crippen LogP contribution in [0.1, 0.15) is 11.1 Å². The van der Waals surface area contributed by atoms with Gasteiger partial charge in [0.05, 0.1) is 12.6 Å². The maximum absolute atomic E-state index is 5.22. The van der Waals surface area contributed by atoms with E-state index < -0.39 is 0 Å². The van der Waals surface area contributed by atoms with E-state index in [4.69, 9.17) is 4.74 Å². The van der Waals surface area contributed by atoms with Crippen molar-refractivity contribution in [3.63, 3.8) is 0 Å². The van der Waals surface area contributed by atoms with Gasteiger partial charge in [-0.1, -0.05) is 48.5 Å². The molecule has 0 unspecified atom stereocenters. The molecule has 26 heavy (non-hydrogen) atoms. The molecule has 0 radical (unpaired) electrons. The minimum Gasteiger partial charge on any atom is -0.497 e. The van der Waals surface area contributed by atoms with Gasteiger partial charge in [-0.25, -0.2) is 0 Å². The molecular formula is C23H21NOS. The van der Waals surface area contributed by atoms with Gasteiger partial charge in [0.2, 0.25) is 0 Å². The Hall–Kier alpha value is -2.52. The summed E-state index contributed by atoms with van der Waals surface area (Å²) in [5, 5.41) is 3.81. The van der Waals surface area contributed by atoms with Crippen molar-refractivity contribution in [1.82, 2.24) is 4.98 Å². The van der Waals surface area contributed by atoms with E-state index in [0.29, 0.717) is 0 Å². The number of fused-ring (bicyclic) bond motifs is 3. The number of aromatic nitrogens is 1. The average molecular weight is 359 g/mol. The maximum atomic E-state index is 5.22. The van der Waals surface area contributed by atoms with Crippen molar-refractivity contribution in [2.24, 2.45) is 0 Å². The van der Waals surface area contributed by atoms with E-state index in [-0.39, 0.29) is 0 Å². The van der Waals surface area contributed by atoms with Crippen LogP contribution in [0, 0.1) is 0 Å². The second-order valence-corrected chi connectivity index (χ2v) is 7.41. The number of methoxy groups -OCH3 is 1. The van der Waals surface area contributed by atoms with Crippen molar-refractivity contribution in [1.29, 1.82) is 0 Å². The molecule has 2 nitrogen and oxygen atoms in total. The van der Waals surface area contributed by atoms with Crippen LogP contribution in [-0.4, -0.2) is 17.8 Å². The summed E-state index contributed by atoms with van der Waals surface area (Å²) in [5.74, 6) is 3.02. The first-order valence-corrected chi connectivity index (χ1v) is 9.96. The van der Waals surface area contributed by atoms with E-state index in [9.17, 15) is 0 Å². The number of nitrogens with zero attached hydrogens (tertiary/aromatic N) is 1. The summed E-state index contributed by atoms with van der Waals surface area (Å²) in [4.78, 5) is 4.64. The summed E-state index contributed by atoms with van der Waals surface area (Å²) in [7, 11) is 1.70. The van der Waals surface area contributed by atoms with Gasteiger partial charge in [-0.3, -0.25) is 4.98 Å². The molecule has 0 aliphatic carbocycles. The second-order valence-electron chi connectivity index (χ2n) is 6.31. The number of rotatable bonds is 6. The number of hydrogen-bond donors (Lipinski definition) is 0. The highest BCUT2D eigenvalue weighted by molar-refractivity contribution is 7.98. The van der Waals surface area contributed by atoms with Gasteiger partial charge in [-0.05, 0) is 46.9 Å². The van der Waals surface area contributed by atoms with Crippen LogP contribution in [0.5, 0.6) is 5.75 Å². The van der Waals surface area contributed by atoms with Gasteiger partial charge in [0.1, 0.15) is 5.75 Å². The van der Waals surface area contributed by atoms with Crippen LogP contribution in [-0.2, 0) is 12.2 Å². The molecule has 0 saturated heterocycles. The highest BCUT2D eigenvalue weighted by Crippen LogP contribution is 2.28. The molecule has 0 bridgehead atoms. The summed E-state index contributed by atoms with van der Waals surface area (Å²) in [6, 6.07) is 23.3. The first kappa shape index (κ1) is 16.9. The van der Waals surface area contributed by atoms with Crippen LogP contribution in [0.25, 0.3) is 21.7 Å². The third kappa shape index (κ3) is 3.54. The quantitative estimate of drug-likeness (QED) is 0.317. The Morgan fingerprint density at radius 2 is 1.77 bits per heavy atom. The zero-order chi connectivity index (χ0) is 17.8. The van der Waals surface area contributed by atoms with Crippen molar-refractivity contribution in [2.75, 3.05) is 12.9 Å². The molecule has 4 rings (SSSR count). The molecule has 0 saturated carbocycles. The zero-order valence-electron chi connectivity index (χ0n) is 14.8. The molecule has 0 atom stereocenters. The molecule has 1 aromatic heterocycles. The average Bonchev–Trinajstić information content (AvgIpc) is 2.71. The number of hydrogen-bond acceptors (Lipinski definition) is 3. The van der Waals surface area contributed by atoms with Gasteiger partial charge < -0.3 is 4.74 Å². The van der Waals surface area contributed by atoms with Crippen LogP contribution in [0.2, 0.25) is 0 Å². The highest BCUT2D eigenvalue weighted by atomic mass is 32.2. The first-order chi connectivity index (χ1) is 12.8. The lowest BCUT2D eigenvalue weighted by Gasteiger charge is -2.09. The van der Waals surface area contributed by atoms with Gasteiger partial charge in [-0.2, -0.15) is 11.8 Å². The van der Waals surface area contributed by atoms with Crippen LogP contribution < -0.4 is 4.74 Å². The summed E-state index contributed by atoms with van der Waals surface area (Å²) in [5.41, 5.74) is 3.80. The van der Waals surface area contributed by atoms with E-state index in [2.05, 4.69) is 59.6 Å². The molecule has 130 valence electrons. The molecule has 4 aromatic rings. The minimum absolute atomic E-state index is 0.911. The molecule has 0 fully saturated rings. The Labute approximate surface area is 158 Å². The molecule has 3 aromatic carbocycles. The van der Waals surface area contributed by atoms with Crippen LogP contribution in [0.4, 0.5) is 0 Å². The van der Waals surface area contributed by atoms with Gasteiger partial charge in [0.15, 0.2) is 0 Å². The van der Waals surface area contributed by atoms with Crippen LogP contribution in [0.3, 0.4) is 0 Å². The van der Waals surface area contributed by atoms with Crippen molar-refractivity contribution < 1.29 is 4.74 Å². The monoisotopic (exact) mass is 359 g/mol. The SMILES string of the molecule is COc1ccc(CSCCc2cccc3ncc4ccccc4c23)cc1. The van der Waals surface area contributed by atoms with E-state index in [1.165, 1.54) is 27.3 Å². The van der Waals surface area contributed by atoms with E-state index in [1.54, 1.807) is 7.11 Å². The number of pyridine rings is 1. The predicted octanol–water partition coefficient (Wildman–Crippen LogP) is 5.87. The summed E-state index contributed by atoms with van der Waals surface area (Å²) < 4.78 is 5.22. The van der Waals surface area contributed by atoms with Crippen molar-refractivity contribution in [3.05, 3.63) is 84.1 Å². The highest BCUT2D eigenvalue weighted by Gasteiger charge is 2.06. The van der Waals surface area contributed by atoms with E-state index in [0.717, 1.165) is 29.2 Å². The molecule has 0 aliphatic rings. The summed E-state index contributed by atoms with van der Waals surface area (Å²) in [6.45, 7) is 0. The van der Waals surface area contributed by atoms with Crippen LogP contribution >= 0.6 is 11.8 Å². The molecule has 3 heteroatoms. The molecular weight excluding hydrogens is 338 g/mol. The minimum atomic E-state index is 0.911. The third-order valence-corrected chi connectivity index (χ3v) is 5.68. The Bertz CT molecular complexity index is 1030. The fraction of sp³-hybridized carbons (Fsp3) is 0.174. The molecule has 0 amide bonds. The van der Waals surface area contributed by atoms with Crippen molar-refractivity contribution in [2.45, 2.75) is 12.2 Å². The smallest absolute Gasteiger partial charge is 0.118 e. The number of thioether (sulfide) groups is 1. The van der Waals surface area contributed by atoms with Crippen LogP contribution in [0.15, 0.2) is 72.9 Å². The molecule has 0 aliphatic heterocycles. The summed E-state index contributed by atoms with van der Waals surface area (Å²) in [6.07, 6.45) is 3.02. The lowest BCUT2D eigenvalue weighted by molar-refractivity contribution is 0.414. The van der Waals surface area contributed by atoms with Crippen molar-refractivity contribution in [3.8, 4) is 5.75 Å². The van der Waals surface area contributed by atoms with E-state index >= 15 is 0 Å². The topological polar surface area (TPSA) is 22.1 Å². The Morgan fingerprint density at radius 1 is 0.923 bits per heavy atom. The fourth-order valence-electron chi connectivity index (χ4n) is 3.28. The normalized spacial score (nSPS) is 11.1. The summed E-state index contributed by atoms with van der Waals surface area (Å²) >= 11 is 1.97. The van der Waals surface area contributed by atoms with Crippen molar-refractivity contribution >= 4 is 33.4 Å². The Kier molecular flexibility index (Phi) is 5.07. The van der Waals surface area contributed by atoms with Gasteiger partial charge in [0, 0.05) is 22.7 Å². The lowest BCUT2D eigenvalue weighted by atomic mass is 10.0. The molecule has 0 N–H and O–H groups in total. The Balaban J connectivity index is 1.49. The standard InChI is InChI=1S/C23H21NOS/c1-25-20-11-9-17(10-12-20)16-26-14-13-18-6-4-8-22-23(18)21-7-3-2-5-19(21)15-24-22/h2-12,15H,13-14,16H2,1H3. The van der Waals surface area contributed by atoms with Gasteiger partial charge >= 0.3 is 0 Å². The molecule has 0 spiro atoms. The number of ether oxygens (including phenoxy) is 1. The first-order valence-electron chi connectivity index (χ1n) is 8.81. The lowest BCUT2D eigenvalue weighted by Crippen LogP contribution is -1.93. The van der Waals surface area contributed by atoms with Gasteiger partial charge in [0.25, 0.3) is 0 Å². The zero-order valence-corrected chi connectivity index (χ0v) is 15.6. The number of aryl methyl sites for hydroxylation is 1. The fourth-order valence-corrected chi connectivity index (χ4v) is 4.22. The predicted molar refractivity (Wildman–Crippen MR) is 112 cm³/mol. The largest absolute Gasteiger partial charge is 0.497 e.